The summed E-state index contributed by atoms with van der Waals surface area (Å²) in [7, 11) is -3.94. The highest BCUT2D eigenvalue weighted by Crippen LogP contribution is 2.28. The van der Waals surface area contributed by atoms with Gasteiger partial charge in [0, 0.05) is 22.2 Å². The number of hydrogen-bond acceptors (Lipinski definition) is 5. The standard InChI is InChI=1S/C28H20FN3O3S2/c29-23-13-15-25(16-14-23)37(34,35)32-24-8-4-7-22(17-24)27(33)31-28-30-26(18-36-28)21-11-9-20(10-12-21)19-5-2-1-3-6-19/h1-18,32H,(H,30,31,33). The summed E-state index contributed by atoms with van der Waals surface area (Å²) < 4.78 is 40.7. The minimum Gasteiger partial charge on any atom is -0.298 e. The molecule has 6 nitrogen and oxygen atoms in total. The van der Waals surface area contributed by atoms with E-state index in [0.29, 0.717) is 5.13 Å². The van der Waals surface area contributed by atoms with Crippen molar-refractivity contribution < 1.29 is 17.6 Å². The minimum absolute atomic E-state index is 0.0872. The lowest BCUT2D eigenvalue weighted by Crippen LogP contribution is -2.15. The first kappa shape index (κ1) is 24.4. The number of sulfonamides is 1. The van der Waals surface area contributed by atoms with Crippen molar-refractivity contribution in [3.8, 4) is 22.4 Å². The largest absolute Gasteiger partial charge is 0.298 e. The summed E-state index contributed by atoms with van der Waals surface area (Å²) in [6.07, 6.45) is 0. The lowest BCUT2D eigenvalue weighted by atomic mass is 10.0. The topological polar surface area (TPSA) is 88.2 Å². The third-order valence-corrected chi connectivity index (χ3v) is 7.67. The van der Waals surface area contributed by atoms with Crippen LogP contribution in [0.4, 0.5) is 15.2 Å². The van der Waals surface area contributed by atoms with Gasteiger partial charge in [-0.2, -0.15) is 0 Å². The Labute approximate surface area is 217 Å². The lowest BCUT2D eigenvalue weighted by molar-refractivity contribution is 0.102. The first-order chi connectivity index (χ1) is 17.9. The predicted molar refractivity (Wildman–Crippen MR) is 145 cm³/mol. The van der Waals surface area contributed by atoms with E-state index in [0.717, 1.165) is 34.5 Å². The van der Waals surface area contributed by atoms with E-state index >= 15 is 0 Å². The van der Waals surface area contributed by atoms with E-state index in [9.17, 15) is 17.6 Å². The molecular formula is C28H20FN3O3S2. The minimum atomic E-state index is -3.94. The number of carbonyl (C=O) groups is 1. The number of hydrogen-bond donors (Lipinski definition) is 2. The van der Waals surface area contributed by atoms with Gasteiger partial charge in [0.2, 0.25) is 0 Å². The number of benzene rings is 4. The lowest BCUT2D eigenvalue weighted by Gasteiger charge is -2.09. The van der Waals surface area contributed by atoms with Gasteiger partial charge in [0.15, 0.2) is 5.13 Å². The fourth-order valence-corrected chi connectivity index (χ4v) is 5.41. The third kappa shape index (κ3) is 5.74. The van der Waals surface area contributed by atoms with Crippen LogP contribution in [0.1, 0.15) is 10.4 Å². The van der Waals surface area contributed by atoms with Crippen molar-refractivity contribution in [2.75, 3.05) is 10.0 Å². The molecule has 1 amide bonds. The van der Waals surface area contributed by atoms with Gasteiger partial charge in [0.25, 0.3) is 15.9 Å². The van der Waals surface area contributed by atoms with E-state index in [1.807, 2.05) is 60.0 Å². The molecule has 0 radical (unpaired) electrons. The highest BCUT2D eigenvalue weighted by atomic mass is 32.2. The number of anilines is 2. The van der Waals surface area contributed by atoms with E-state index in [1.165, 1.54) is 35.6 Å². The first-order valence-corrected chi connectivity index (χ1v) is 13.5. The third-order valence-electron chi connectivity index (χ3n) is 5.51. The van der Waals surface area contributed by atoms with Gasteiger partial charge in [0.1, 0.15) is 5.82 Å². The van der Waals surface area contributed by atoms with Crippen LogP contribution in [-0.4, -0.2) is 19.3 Å². The summed E-state index contributed by atoms with van der Waals surface area (Å²) in [5.41, 5.74) is 4.35. The Morgan fingerprint density at radius 2 is 1.46 bits per heavy atom. The Hall–Kier alpha value is -4.34. The highest BCUT2D eigenvalue weighted by Gasteiger charge is 2.16. The Morgan fingerprint density at radius 3 is 2.19 bits per heavy atom. The number of halogens is 1. The van der Waals surface area contributed by atoms with E-state index in [-0.39, 0.29) is 16.1 Å². The molecule has 0 saturated carbocycles. The van der Waals surface area contributed by atoms with Crippen LogP contribution in [0.3, 0.4) is 0 Å². The molecule has 5 aromatic rings. The smallest absolute Gasteiger partial charge is 0.261 e. The van der Waals surface area contributed by atoms with Crippen LogP contribution in [-0.2, 0) is 10.0 Å². The zero-order chi connectivity index (χ0) is 25.8. The Bertz CT molecular complexity index is 1650. The Kier molecular flexibility index (Phi) is 6.80. The van der Waals surface area contributed by atoms with Gasteiger partial charge in [-0.25, -0.2) is 17.8 Å². The molecule has 0 atom stereocenters. The van der Waals surface area contributed by atoms with Crippen molar-refractivity contribution in [2.45, 2.75) is 4.90 Å². The van der Waals surface area contributed by atoms with Crippen LogP contribution >= 0.6 is 11.3 Å². The van der Waals surface area contributed by atoms with Gasteiger partial charge in [0.05, 0.1) is 10.6 Å². The molecule has 0 fully saturated rings. The first-order valence-electron chi connectivity index (χ1n) is 11.2. The molecule has 1 aromatic heterocycles. The van der Waals surface area contributed by atoms with Crippen LogP contribution in [0.15, 0.2) is 113 Å². The van der Waals surface area contributed by atoms with Crippen molar-refractivity contribution in [3.63, 3.8) is 0 Å². The van der Waals surface area contributed by atoms with E-state index in [1.54, 1.807) is 12.1 Å². The Balaban J connectivity index is 1.27. The highest BCUT2D eigenvalue weighted by molar-refractivity contribution is 7.92. The normalized spacial score (nSPS) is 11.2. The maximum Gasteiger partial charge on any atom is 0.261 e. The number of thiazole rings is 1. The maximum atomic E-state index is 13.1. The molecule has 0 unspecified atom stereocenters. The van der Waals surface area contributed by atoms with Gasteiger partial charge >= 0.3 is 0 Å². The molecular weight excluding hydrogens is 509 g/mol. The predicted octanol–water partition coefficient (Wildman–Crippen LogP) is 6.67. The number of nitrogens with zero attached hydrogens (tertiary/aromatic N) is 1. The van der Waals surface area contributed by atoms with Crippen molar-refractivity contribution in [1.82, 2.24) is 4.98 Å². The van der Waals surface area contributed by atoms with Crippen molar-refractivity contribution in [2.24, 2.45) is 0 Å². The number of carbonyl (C=O) groups excluding carboxylic acids is 1. The number of amides is 1. The quantitative estimate of drug-likeness (QED) is 0.247. The second-order valence-corrected chi connectivity index (χ2v) is 10.6. The van der Waals surface area contributed by atoms with Crippen LogP contribution in [0.2, 0.25) is 0 Å². The molecule has 4 aromatic carbocycles. The van der Waals surface area contributed by atoms with Gasteiger partial charge in [-0.3, -0.25) is 14.8 Å². The molecule has 1 heterocycles. The van der Waals surface area contributed by atoms with Crippen LogP contribution in [0, 0.1) is 5.82 Å². The Morgan fingerprint density at radius 1 is 0.784 bits per heavy atom. The van der Waals surface area contributed by atoms with Crippen molar-refractivity contribution in [3.05, 3.63) is 120 Å². The van der Waals surface area contributed by atoms with Crippen LogP contribution in [0.25, 0.3) is 22.4 Å². The average molecular weight is 530 g/mol. The number of aromatic nitrogens is 1. The fraction of sp³-hybridized carbons (Fsp3) is 0. The van der Waals surface area contributed by atoms with Gasteiger partial charge < -0.3 is 0 Å². The van der Waals surface area contributed by atoms with Gasteiger partial charge in [-0.05, 0) is 53.6 Å². The second-order valence-electron chi connectivity index (χ2n) is 8.08. The van der Waals surface area contributed by atoms with Crippen LogP contribution < -0.4 is 10.0 Å². The van der Waals surface area contributed by atoms with E-state index < -0.39 is 21.7 Å². The van der Waals surface area contributed by atoms with Crippen molar-refractivity contribution >= 4 is 38.1 Å². The average Bonchev–Trinajstić information content (AvgIpc) is 3.38. The fourth-order valence-electron chi connectivity index (χ4n) is 3.65. The molecule has 0 aliphatic heterocycles. The molecule has 9 heteroatoms. The molecule has 37 heavy (non-hydrogen) atoms. The monoisotopic (exact) mass is 529 g/mol. The van der Waals surface area contributed by atoms with Gasteiger partial charge in [-0.15, -0.1) is 11.3 Å². The molecule has 2 N–H and O–H groups in total. The SMILES string of the molecule is O=C(Nc1nc(-c2ccc(-c3ccccc3)cc2)cs1)c1cccc(NS(=O)(=O)c2ccc(F)cc2)c1. The summed E-state index contributed by atoms with van der Waals surface area (Å²) in [4.78, 5) is 17.3. The summed E-state index contributed by atoms with van der Waals surface area (Å²) in [5.74, 6) is -0.963. The zero-order valence-electron chi connectivity index (χ0n) is 19.3. The van der Waals surface area contributed by atoms with Crippen LogP contribution in [0.5, 0.6) is 0 Å². The summed E-state index contributed by atoms with van der Waals surface area (Å²) in [5, 5.41) is 5.05. The molecule has 184 valence electrons. The van der Waals surface area contributed by atoms with E-state index in [4.69, 9.17) is 0 Å². The summed E-state index contributed by atoms with van der Waals surface area (Å²) in [6.45, 7) is 0. The molecule has 5 rings (SSSR count). The molecule has 0 spiro atoms. The summed E-state index contributed by atoms with van der Waals surface area (Å²) >= 11 is 1.30. The molecule has 0 saturated heterocycles. The number of nitrogens with one attached hydrogen (secondary N) is 2. The van der Waals surface area contributed by atoms with Crippen molar-refractivity contribution in [1.29, 1.82) is 0 Å². The van der Waals surface area contributed by atoms with E-state index in [2.05, 4.69) is 15.0 Å². The van der Waals surface area contributed by atoms with Gasteiger partial charge in [-0.1, -0.05) is 60.7 Å². The zero-order valence-corrected chi connectivity index (χ0v) is 20.9. The molecule has 0 aliphatic rings. The molecule has 0 aliphatic carbocycles. The second kappa shape index (κ2) is 10.3. The molecule has 0 bridgehead atoms. The maximum absolute atomic E-state index is 13.1. The number of rotatable bonds is 7. The summed E-state index contributed by atoms with van der Waals surface area (Å²) in [6, 6.07) is 28.7.